The lowest BCUT2D eigenvalue weighted by Gasteiger charge is -2.02. The Morgan fingerprint density at radius 2 is 2.17 bits per heavy atom. The molecule has 0 atom stereocenters. The average Bonchev–Trinajstić information content (AvgIpc) is 2.09. The first-order chi connectivity index (χ1) is 5.72. The monoisotopic (exact) mass is 166 g/mol. The summed E-state index contributed by atoms with van der Waals surface area (Å²) in [4.78, 5) is 10.8. The van der Waals surface area contributed by atoms with Crippen molar-refractivity contribution in [2.45, 2.75) is 6.54 Å². The predicted molar refractivity (Wildman–Crippen MR) is 42.3 cm³/mol. The molecule has 4 nitrogen and oxygen atoms in total. The van der Waals surface area contributed by atoms with E-state index < -0.39 is 0 Å². The molecule has 0 aliphatic carbocycles. The van der Waals surface area contributed by atoms with Gasteiger partial charge in [0.1, 0.15) is 6.54 Å². The first-order valence-electron chi connectivity index (χ1n) is 3.50. The molecule has 0 aliphatic heterocycles. The lowest BCUT2D eigenvalue weighted by Crippen LogP contribution is -2.12. The van der Waals surface area contributed by atoms with Crippen LogP contribution in [0.5, 0.6) is 0 Å². The topological polar surface area (TPSA) is 55.1 Å². The molecule has 1 aromatic rings. The van der Waals surface area contributed by atoms with E-state index in [2.05, 4.69) is 4.74 Å². The van der Waals surface area contributed by atoms with E-state index in [4.69, 9.17) is 5.41 Å². The second kappa shape index (κ2) is 3.71. The third kappa shape index (κ3) is 2.23. The molecule has 0 unspecified atom stereocenters. The number of nitrogens with zero attached hydrogens (tertiary/aromatic N) is 1. The highest BCUT2D eigenvalue weighted by atomic mass is 16.5. The Kier molecular flexibility index (Phi) is 2.63. The van der Waals surface area contributed by atoms with Gasteiger partial charge in [-0.2, -0.15) is 0 Å². The largest absolute Gasteiger partial charge is 0.468 e. The van der Waals surface area contributed by atoms with Crippen molar-refractivity contribution in [3.63, 3.8) is 0 Å². The summed E-state index contributed by atoms with van der Waals surface area (Å²) in [6.07, 6.45) is 3.33. The number of pyridine rings is 1. The van der Waals surface area contributed by atoms with Crippen molar-refractivity contribution in [2.24, 2.45) is 0 Å². The van der Waals surface area contributed by atoms with Gasteiger partial charge in [-0.05, 0) is 12.1 Å². The lowest BCUT2D eigenvalue weighted by molar-refractivity contribution is -0.141. The van der Waals surface area contributed by atoms with Crippen molar-refractivity contribution in [3.05, 3.63) is 29.9 Å². The minimum atomic E-state index is -0.294. The van der Waals surface area contributed by atoms with Gasteiger partial charge in [-0.25, -0.2) is 0 Å². The van der Waals surface area contributed by atoms with Crippen LogP contribution in [-0.4, -0.2) is 17.6 Å². The minimum absolute atomic E-state index is 0.191. The van der Waals surface area contributed by atoms with E-state index in [0.29, 0.717) is 5.36 Å². The second-order valence-electron chi connectivity index (χ2n) is 2.34. The van der Waals surface area contributed by atoms with Gasteiger partial charge in [-0.15, -0.1) is 0 Å². The van der Waals surface area contributed by atoms with E-state index >= 15 is 0 Å². The summed E-state index contributed by atoms with van der Waals surface area (Å²) in [5.41, 5.74) is 0. The number of aromatic nitrogens is 1. The zero-order valence-corrected chi connectivity index (χ0v) is 6.78. The molecule has 0 spiro atoms. The van der Waals surface area contributed by atoms with E-state index in [1.807, 2.05) is 0 Å². The van der Waals surface area contributed by atoms with Gasteiger partial charge in [0.15, 0.2) is 0 Å². The highest BCUT2D eigenvalue weighted by molar-refractivity contribution is 5.68. The van der Waals surface area contributed by atoms with Gasteiger partial charge in [-0.1, -0.05) is 0 Å². The summed E-state index contributed by atoms with van der Waals surface area (Å²) in [7, 11) is 1.35. The molecule has 0 bridgehead atoms. The molecule has 64 valence electrons. The van der Waals surface area contributed by atoms with Gasteiger partial charge in [0.2, 0.25) is 0 Å². The number of nitrogens with one attached hydrogen (secondary N) is 1. The fraction of sp³-hybridized carbons (Fsp3) is 0.250. The summed E-state index contributed by atoms with van der Waals surface area (Å²) < 4.78 is 6.13. The first kappa shape index (κ1) is 8.52. The van der Waals surface area contributed by atoms with Gasteiger partial charge in [0, 0.05) is 12.4 Å². The zero-order valence-electron chi connectivity index (χ0n) is 6.78. The summed E-state index contributed by atoms with van der Waals surface area (Å²) >= 11 is 0. The molecule has 4 heteroatoms. The zero-order chi connectivity index (χ0) is 8.97. The number of carbonyl (C=O) groups excluding carboxylic acids is 1. The van der Waals surface area contributed by atoms with E-state index in [9.17, 15) is 4.79 Å². The summed E-state index contributed by atoms with van der Waals surface area (Å²) in [5, 5.41) is 7.62. The van der Waals surface area contributed by atoms with Gasteiger partial charge < -0.3 is 14.7 Å². The number of rotatable bonds is 2. The van der Waals surface area contributed by atoms with Crippen molar-refractivity contribution in [2.75, 3.05) is 7.11 Å². The van der Waals surface area contributed by atoms with E-state index in [-0.39, 0.29) is 12.5 Å². The summed E-state index contributed by atoms with van der Waals surface area (Å²) in [6, 6.07) is 3.23. The van der Waals surface area contributed by atoms with E-state index in [1.165, 1.54) is 7.11 Å². The third-order valence-corrected chi connectivity index (χ3v) is 1.43. The van der Waals surface area contributed by atoms with Crippen LogP contribution in [0, 0.1) is 5.41 Å². The van der Waals surface area contributed by atoms with Crippen LogP contribution in [0.25, 0.3) is 0 Å². The molecule has 1 aromatic heterocycles. The van der Waals surface area contributed by atoms with Crippen molar-refractivity contribution in [1.29, 1.82) is 5.41 Å². The Labute approximate surface area is 69.9 Å². The van der Waals surface area contributed by atoms with Crippen molar-refractivity contribution < 1.29 is 9.53 Å². The minimum Gasteiger partial charge on any atom is -0.468 e. The molecular weight excluding hydrogens is 156 g/mol. The molecule has 0 aromatic carbocycles. The molecule has 0 saturated carbocycles. The Balaban J connectivity index is 2.71. The fourth-order valence-corrected chi connectivity index (χ4v) is 0.776. The van der Waals surface area contributed by atoms with Crippen LogP contribution < -0.4 is 5.36 Å². The SMILES string of the molecule is COC(=O)Cn1ccc(=N)cc1. The van der Waals surface area contributed by atoms with Gasteiger partial charge in [0.05, 0.1) is 12.5 Å². The predicted octanol–water partition coefficient (Wildman–Crippen LogP) is 0.141. The highest BCUT2D eigenvalue weighted by Crippen LogP contribution is 1.85. The fourth-order valence-electron chi connectivity index (χ4n) is 0.776. The van der Waals surface area contributed by atoms with E-state index in [0.717, 1.165) is 0 Å². The number of esters is 1. The maximum Gasteiger partial charge on any atom is 0.325 e. The smallest absolute Gasteiger partial charge is 0.325 e. The molecule has 0 fully saturated rings. The number of hydrogen-bond acceptors (Lipinski definition) is 3. The van der Waals surface area contributed by atoms with Crippen LogP contribution >= 0.6 is 0 Å². The Hall–Kier alpha value is -1.58. The van der Waals surface area contributed by atoms with Crippen LogP contribution in [-0.2, 0) is 16.1 Å². The average molecular weight is 166 g/mol. The lowest BCUT2D eigenvalue weighted by atomic mass is 10.4. The van der Waals surface area contributed by atoms with Gasteiger partial charge in [0.25, 0.3) is 0 Å². The van der Waals surface area contributed by atoms with E-state index in [1.54, 1.807) is 29.1 Å². The van der Waals surface area contributed by atoms with Crippen LogP contribution in [0.2, 0.25) is 0 Å². The first-order valence-corrected chi connectivity index (χ1v) is 3.50. The highest BCUT2D eigenvalue weighted by Gasteiger charge is 1.98. The molecular formula is C8H10N2O2. The van der Waals surface area contributed by atoms with Crippen molar-refractivity contribution in [3.8, 4) is 0 Å². The molecule has 0 saturated heterocycles. The van der Waals surface area contributed by atoms with Crippen molar-refractivity contribution >= 4 is 5.97 Å². The maximum atomic E-state index is 10.8. The number of ether oxygens (including phenoxy) is 1. The second-order valence-corrected chi connectivity index (χ2v) is 2.34. The Bertz CT molecular complexity index is 310. The third-order valence-electron chi connectivity index (χ3n) is 1.43. The molecule has 1 rings (SSSR count). The van der Waals surface area contributed by atoms with Crippen molar-refractivity contribution in [1.82, 2.24) is 4.57 Å². The Morgan fingerprint density at radius 1 is 1.58 bits per heavy atom. The quantitative estimate of drug-likeness (QED) is 0.635. The molecule has 1 N–H and O–H groups in total. The standard InChI is InChI=1S/C8H10N2O2/c1-12-8(11)6-10-4-2-7(9)3-5-10/h2-5,9H,6H2,1H3. The summed E-state index contributed by atoms with van der Waals surface area (Å²) in [5.74, 6) is -0.294. The van der Waals surface area contributed by atoms with Crippen LogP contribution in [0.4, 0.5) is 0 Å². The van der Waals surface area contributed by atoms with Gasteiger partial charge in [-0.3, -0.25) is 4.79 Å². The Morgan fingerprint density at radius 3 is 2.67 bits per heavy atom. The molecule has 0 aliphatic rings. The van der Waals surface area contributed by atoms with Crippen LogP contribution in [0.3, 0.4) is 0 Å². The molecule has 12 heavy (non-hydrogen) atoms. The number of carbonyl (C=O) groups is 1. The van der Waals surface area contributed by atoms with Crippen LogP contribution in [0.1, 0.15) is 0 Å². The number of methoxy groups -OCH3 is 1. The molecule has 0 amide bonds. The number of hydrogen-bond donors (Lipinski definition) is 1. The molecule has 1 heterocycles. The molecule has 0 radical (unpaired) electrons. The van der Waals surface area contributed by atoms with Crippen LogP contribution in [0.15, 0.2) is 24.5 Å². The maximum absolute atomic E-state index is 10.8. The summed E-state index contributed by atoms with van der Waals surface area (Å²) in [6.45, 7) is 0.191. The van der Waals surface area contributed by atoms with Gasteiger partial charge >= 0.3 is 5.97 Å². The normalized spacial score (nSPS) is 9.42.